The van der Waals surface area contributed by atoms with Crippen molar-refractivity contribution in [2.24, 2.45) is 0 Å². The summed E-state index contributed by atoms with van der Waals surface area (Å²) in [5.41, 5.74) is 1.68. The van der Waals surface area contributed by atoms with E-state index < -0.39 is 0 Å². The van der Waals surface area contributed by atoms with E-state index in [2.05, 4.69) is 5.32 Å². The zero-order valence-electron chi connectivity index (χ0n) is 15.4. The van der Waals surface area contributed by atoms with Crippen molar-refractivity contribution in [1.82, 2.24) is 4.90 Å². The van der Waals surface area contributed by atoms with E-state index in [9.17, 15) is 4.79 Å². The summed E-state index contributed by atoms with van der Waals surface area (Å²) in [6, 6.07) is 13.0. The number of benzene rings is 2. The summed E-state index contributed by atoms with van der Waals surface area (Å²) in [7, 11) is 1.62. The highest BCUT2D eigenvalue weighted by molar-refractivity contribution is 6.33. The number of anilines is 1. The van der Waals surface area contributed by atoms with Crippen LogP contribution in [-0.4, -0.2) is 37.6 Å². The van der Waals surface area contributed by atoms with Crippen LogP contribution in [-0.2, 0) is 11.3 Å². The highest BCUT2D eigenvalue weighted by Gasteiger charge is 2.13. The van der Waals surface area contributed by atoms with Crippen molar-refractivity contribution >= 4 is 23.2 Å². The second-order valence-electron chi connectivity index (χ2n) is 5.75. The Labute approximate surface area is 159 Å². The number of carbonyl (C=O) groups excluding carboxylic acids is 1. The van der Waals surface area contributed by atoms with Gasteiger partial charge in [-0.15, -0.1) is 0 Å². The fourth-order valence-corrected chi connectivity index (χ4v) is 2.76. The van der Waals surface area contributed by atoms with Crippen molar-refractivity contribution in [2.45, 2.75) is 20.4 Å². The van der Waals surface area contributed by atoms with E-state index in [0.29, 0.717) is 29.6 Å². The second kappa shape index (κ2) is 10.0. The Morgan fingerprint density at radius 3 is 2.58 bits per heavy atom. The molecule has 6 heteroatoms. The van der Waals surface area contributed by atoms with Crippen LogP contribution < -0.4 is 14.8 Å². The molecule has 1 amide bonds. The number of nitrogens with zero attached hydrogens (tertiary/aromatic N) is 1. The van der Waals surface area contributed by atoms with Crippen LogP contribution in [0, 0.1) is 0 Å². The van der Waals surface area contributed by atoms with Crippen molar-refractivity contribution in [1.29, 1.82) is 0 Å². The van der Waals surface area contributed by atoms with Gasteiger partial charge in [0.05, 0.1) is 31.0 Å². The number of carbonyl (C=O) groups is 1. The quantitative estimate of drug-likeness (QED) is 0.712. The average molecular weight is 377 g/mol. The first-order valence-electron chi connectivity index (χ1n) is 8.63. The Kier molecular flexibility index (Phi) is 7.75. The second-order valence-corrected chi connectivity index (χ2v) is 6.16. The zero-order chi connectivity index (χ0) is 18.9. The maximum Gasteiger partial charge on any atom is 0.238 e. The largest absolute Gasteiger partial charge is 0.493 e. The number of amides is 1. The molecule has 0 spiro atoms. The van der Waals surface area contributed by atoms with Gasteiger partial charge in [0.2, 0.25) is 5.91 Å². The minimum absolute atomic E-state index is 0.0992. The first-order chi connectivity index (χ1) is 12.6. The van der Waals surface area contributed by atoms with Gasteiger partial charge in [-0.2, -0.15) is 0 Å². The molecule has 0 aromatic heterocycles. The van der Waals surface area contributed by atoms with Crippen LogP contribution in [0.25, 0.3) is 0 Å². The lowest BCUT2D eigenvalue weighted by Crippen LogP contribution is -2.32. The van der Waals surface area contributed by atoms with Crippen molar-refractivity contribution in [3.05, 3.63) is 53.1 Å². The van der Waals surface area contributed by atoms with Gasteiger partial charge in [0.1, 0.15) is 0 Å². The van der Waals surface area contributed by atoms with E-state index in [1.165, 1.54) is 0 Å². The molecule has 0 aliphatic rings. The van der Waals surface area contributed by atoms with Crippen molar-refractivity contribution < 1.29 is 14.3 Å². The Morgan fingerprint density at radius 2 is 1.92 bits per heavy atom. The van der Waals surface area contributed by atoms with E-state index in [-0.39, 0.29) is 12.5 Å². The predicted molar refractivity (Wildman–Crippen MR) is 105 cm³/mol. The van der Waals surface area contributed by atoms with Gasteiger partial charge in [-0.25, -0.2) is 0 Å². The molecule has 2 rings (SSSR count). The zero-order valence-corrected chi connectivity index (χ0v) is 16.2. The molecular formula is C20H25ClN2O3. The molecule has 0 fully saturated rings. The number of halogens is 1. The van der Waals surface area contributed by atoms with E-state index >= 15 is 0 Å². The molecular weight excluding hydrogens is 352 g/mol. The summed E-state index contributed by atoms with van der Waals surface area (Å²) in [6.07, 6.45) is 0. The number of rotatable bonds is 9. The number of methoxy groups -OCH3 is 1. The molecule has 0 unspecified atom stereocenters. The number of ether oxygens (including phenoxy) is 2. The van der Waals surface area contributed by atoms with Crippen LogP contribution in [0.3, 0.4) is 0 Å². The lowest BCUT2D eigenvalue weighted by atomic mass is 10.2. The van der Waals surface area contributed by atoms with Gasteiger partial charge in [-0.05, 0) is 43.3 Å². The molecule has 2 aromatic carbocycles. The van der Waals surface area contributed by atoms with Gasteiger partial charge < -0.3 is 14.8 Å². The third-order valence-corrected chi connectivity index (χ3v) is 4.23. The molecule has 0 heterocycles. The summed E-state index contributed by atoms with van der Waals surface area (Å²) < 4.78 is 10.9. The molecule has 2 aromatic rings. The van der Waals surface area contributed by atoms with Crippen LogP contribution >= 0.6 is 11.6 Å². The predicted octanol–water partition coefficient (Wildman–Crippen LogP) is 4.21. The van der Waals surface area contributed by atoms with E-state index in [1.54, 1.807) is 19.2 Å². The molecule has 0 bridgehead atoms. The number of likely N-dealkylation sites (N-methyl/N-ethyl adjacent to an activating group) is 1. The number of nitrogens with one attached hydrogen (secondary N) is 1. The van der Waals surface area contributed by atoms with Crippen molar-refractivity contribution in [2.75, 3.05) is 32.1 Å². The minimum Gasteiger partial charge on any atom is -0.493 e. The molecule has 0 aliphatic carbocycles. The van der Waals surface area contributed by atoms with Crippen LogP contribution in [0.4, 0.5) is 5.69 Å². The van der Waals surface area contributed by atoms with Gasteiger partial charge in [-0.1, -0.05) is 36.7 Å². The number of hydrogen-bond acceptors (Lipinski definition) is 4. The van der Waals surface area contributed by atoms with Crippen molar-refractivity contribution in [3.63, 3.8) is 0 Å². The van der Waals surface area contributed by atoms with Gasteiger partial charge in [0.25, 0.3) is 0 Å². The average Bonchev–Trinajstić information content (AvgIpc) is 2.64. The standard InChI is InChI=1S/C20H25ClN2O3/c1-4-23(14-20(24)22-17-9-7-6-8-16(17)21)13-15-10-11-18(26-5-2)19(12-15)25-3/h6-12H,4-5,13-14H2,1-3H3,(H,22,24). The highest BCUT2D eigenvalue weighted by atomic mass is 35.5. The first-order valence-corrected chi connectivity index (χ1v) is 9.01. The third kappa shape index (κ3) is 5.64. The molecule has 0 radical (unpaired) electrons. The maximum absolute atomic E-state index is 12.3. The van der Waals surface area contributed by atoms with Gasteiger partial charge in [0.15, 0.2) is 11.5 Å². The van der Waals surface area contributed by atoms with E-state index in [1.807, 2.05) is 49.1 Å². The lowest BCUT2D eigenvalue weighted by molar-refractivity contribution is -0.117. The SMILES string of the molecule is CCOc1ccc(CN(CC)CC(=O)Nc2ccccc2Cl)cc1OC. The molecule has 26 heavy (non-hydrogen) atoms. The van der Waals surface area contributed by atoms with Gasteiger partial charge >= 0.3 is 0 Å². The monoisotopic (exact) mass is 376 g/mol. The number of para-hydroxylation sites is 1. The minimum atomic E-state index is -0.0992. The molecule has 0 saturated carbocycles. The summed E-state index contributed by atoms with van der Waals surface area (Å²) in [5, 5.41) is 3.38. The lowest BCUT2D eigenvalue weighted by Gasteiger charge is -2.21. The molecule has 0 aliphatic heterocycles. The van der Waals surface area contributed by atoms with Crippen LogP contribution in [0.2, 0.25) is 5.02 Å². The van der Waals surface area contributed by atoms with Gasteiger partial charge in [-0.3, -0.25) is 9.69 Å². The van der Waals surface area contributed by atoms with Crippen LogP contribution in [0.1, 0.15) is 19.4 Å². The Morgan fingerprint density at radius 1 is 1.15 bits per heavy atom. The molecule has 5 nitrogen and oxygen atoms in total. The summed E-state index contributed by atoms with van der Waals surface area (Å²) >= 11 is 6.09. The first kappa shape index (κ1) is 20.1. The van der Waals surface area contributed by atoms with Gasteiger partial charge in [0, 0.05) is 6.54 Å². The fraction of sp³-hybridized carbons (Fsp3) is 0.350. The molecule has 1 N–H and O–H groups in total. The fourth-order valence-electron chi connectivity index (χ4n) is 2.58. The topological polar surface area (TPSA) is 50.8 Å². The van der Waals surface area contributed by atoms with E-state index in [0.717, 1.165) is 17.9 Å². The number of hydrogen-bond donors (Lipinski definition) is 1. The Balaban J connectivity index is 2.00. The Hall–Kier alpha value is -2.24. The smallest absolute Gasteiger partial charge is 0.238 e. The van der Waals surface area contributed by atoms with Crippen LogP contribution in [0.5, 0.6) is 11.5 Å². The molecule has 0 saturated heterocycles. The summed E-state index contributed by atoms with van der Waals surface area (Å²) in [6.45, 7) is 6.19. The molecule has 140 valence electrons. The summed E-state index contributed by atoms with van der Waals surface area (Å²) in [4.78, 5) is 14.4. The van der Waals surface area contributed by atoms with E-state index in [4.69, 9.17) is 21.1 Å². The highest BCUT2D eigenvalue weighted by Crippen LogP contribution is 2.28. The molecule has 0 atom stereocenters. The third-order valence-electron chi connectivity index (χ3n) is 3.90. The maximum atomic E-state index is 12.3. The van der Waals surface area contributed by atoms with Crippen molar-refractivity contribution in [3.8, 4) is 11.5 Å². The summed E-state index contributed by atoms with van der Waals surface area (Å²) in [5.74, 6) is 1.32. The Bertz CT molecular complexity index is 737. The van der Waals surface area contributed by atoms with Crippen LogP contribution in [0.15, 0.2) is 42.5 Å². The normalized spacial score (nSPS) is 10.7.